The van der Waals surface area contributed by atoms with Gasteiger partial charge in [0.15, 0.2) is 0 Å². The number of carbonyl (C=O) groups is 3. The summed E-state index contributed by atoms with van der Waals surface area (Å²) in [5.41, 5.74) is 0.0489. The second-order valence-corrected chi connectivity index (χ2v) is 13.3. The van der Waals surface area contributed by atoms with Gasteiger partial charge in [0, 0.05) is 25.3 Å². The zero-order valence-electron chi connectivity index (χ0n) is 28.9. The van der Waals surface area contributed by atoms with Crippen molar-refractivity contribution < 1.29 is 29.0 Å². The number of likely N-dealkylation sites (tertiary alicyclic amines) is 1. The van der Waals surface area contributed by atoms with Crippen molar-refractivity contribution in [2.45, 2.75) is 62.9 Å². The molecule has 1 N–H and O–H groups in total. The lowest BCUT2D eigenvalue weighted by Gasteiger charge is -2.39. The van der Waals surface area contributed by atoms with Crippen LogP contribution < -0.4 is 9.64 Å². The molecule has 0 radical (unpaired) electrons. The third-order valence-electron chi connectivity index (χ3n) is 10.7. The number of fused-ring (bicyclic) bond motifs is 1. The van der Waals surface area contributed by atoms with Crippen LogP contribution >= 0.6 is 0 Å². The average molecular weight is 678 g/mol. The molecule has 3 aliphatic heterocycles. The number of nitrogens with zero attached hydrogens (tertiary/aromatic N) is 3. The van der Waals surface area contributed by atoms with E-state index in [-0.39, 0.29) is 30.8 Å². The maximum Gasteiger partial charge on any atom is 0.249 e. The van der Waals surface area contributed by atoms with E-state index in [1.807, 2.05) is 98.8 Å². The molecule has 1 spiro atoms. The summed E-state index contributed by atoms with van der Waals surface area (Å²) in [6, 6.07) is 24.3. The number of benzene rings is 3. The summed E-state index contributed by atoms with van der Waals surface area (Å²) in [6.45, 7) is 12.6. The highest BCUT2D eigenvalue weighted by molar-refractivity contribution is 6.03. The highest BCUT2D eigenvalue weighted by Crippen LogP contribution is 2.65. The first-order chi connectivity index (χ1) is 24.3. The Hall–Kier alpha value is -4.73. The van der Waals surface area contributed by atoms with E-state index >= 15 is 9.59 Å². The molecule has 2 unspecified atom stereocenters. The van der Waals surface area contributed by atoms with Gasteiger partial charge in [-0.15, -0.1) is 13.2 Å². The minimum absolute atomic E-state index is 0.219. The molecule has 0 aromatic heterocycles. The van der Waals surface area contributed by atoms with Crippen LogP contribution in [0.4, 0.5) is 5.69 Å². The molecule has 0 saturated carbocycles. The Balaban J connectivity index is 1.47. The SMILES string of the molecule is C=CCN(Cc1ccccc1)C(=O)C1N([C@H](CO)c2ccccc2)C(=O)[C@@H]2[C@@H](C(=O)N(CC=C)c3ccc(OCC)cc3)[C@@]3(CC)CCC12O3. The lowest BCUT2D eigenvalue weighted by atomic mass is 9.64. The molecule has 262 valence electrons. The first-order valence-electron chi connectivity index (χ1n) is 17.6. The molecule has 3 fully saturated rings. The molecule has 9 heteroatoms. The lowest BCUT2D eigenvalue weighted by molar-refractivity contribution is -0.156. The van der Waals surface area contributed by atoms with Gasteiger partial charge in [-0.25, -0.2) is 0 Å². The molecule has 9 nitrogen and oxygen atoms in total. The minimum Gasteiger partial charge on any atom is -0.494 e. The Morgan fingerprint density at radius 1 is 0.960 bits per heavy atom. The molecule has 2 bridgehead atoms. The number of hydrogen-bond acceptors (Lipinski definition) is 6. The molecule has 50 heavy (non-hydrogen) atoms. The summed E-state index contributed by atoms with van der Waals surface area (Å²) >= 11 is 0. The second kappa shape index (κ2) is 14.6. The first kappa shape index (κ1) is 35.1. The number of hydrogen-bond donors (Lipinski definition) is 1. The topological polar surface area (TPSA) is 99.6 Å². The van der Waals surface area contributed by atoms with Crippen molar-refractivity contribution in [2.24, 2.45) is 11.8 Å². The normalized spacial score (nSPS) is 25.5. The van der Waals surface area contributed by atoms with Crippen LogP contribution in [0.3, 0.4) is 0 Å². The Morgan fingerprint density at radius 3 is 2.22 bits per heavy atom. The van der Waals surface area contributed by atoms with Gasteiger partial charge in [0.1, 0.15) is 17.4 Å². The summed E-state index contributed by atoms with van der Waals surface area (Å²) in [5, 5.41) is 10.9. The smallest absolute Gasteiger partial charge is 0.249 e. The molecular weight excluding hydrogens is 630 g/mol. The highest BCUT2D eigenvalue weighted by Gasteiger charge is 2.79. The van der Waals surface area contributed by atoms with E-state index in [0.717, 1.165) is 5.56 Å². The van der Waals surface area contributed by atoms with Gasteiger partial charge in [-0.2, -0.15) is 0 Å². The Bertz CT molecular complexity index is 1700. The fraction of sp³-hybridized carbons (Fsp3) is 0.390. The van der Waals surface area contributed by atoms with Crippen molar-refractivity contribution in [1.29, 1.82) is 0 Å². The maximum absolute atomic E-state index is 15.1. The summed E-state index contributed by atoms with van der Waals surface area (Å²) in [7, 11) is 0. The predicted molar refractivity (Wildman–Crippen MR) is 192 cm³/mol. The van der Waals surface area contributed by atoms with Crippen LogP contribution in [-0.4, -0.2) is 76.2 Å². The summed E-state index contributed by atoms with van der Waals surface area (Å²) in [4.78, 5) is 50.1. The van der Waals surface area contributed by atoms with Crippen molar-refractivity contribution in [2.75, 3.05) is 31.2 Å². The minimum atomic E-state index is -1.28. The molecule has 3 saturated heterocycles. The third-order valence-corrected chi connectivity index (χ3v) is 10.7. The number of anilines is 1. The lowest BCUT2D eigenvalue weighted by Crippen LogP contribution is -2.57. The van der Waals surface area contributed by atoms with Gasteiger partial charge < -0.3 is 29.3 Å². The summed E-state index contributed by atoms with van der Waals surface area (Å²) < 4.78 is 12.7. The zero-order chi connectivity index (χ0) is 35.5. The van der Waals surface area contributed by atoms with Gasteiger partial charge in [0.25, 0.3) is 0 Å². The molecule has 3 aliphatic rings. The van der Waals surface area contributed by atoms with Crippen LogP contribution in [0, 0.1) is 11.8 Å². The van der Waals surface area contributed by atoms with Crippen LogP contribution in [-0.2, 0) is 25.7 Å². The van der Waals surface area contributed by atoms with Crippen molar-refractivity contribution >= 4 is 23.4 Å². The average Bonchev–Trinajstić information content (AvgIpc) is 3.75. The second-order valence-electron chi connectivity index (χ2n) is 13.3. The van der Waals surface area contributed by atoms with Crippen LogP contribution in [0.25, 0.3) is 0 Å². The number of amides is 3. The largest absolute Gasteiger partial charge is 0.494 e. The Morgan fingerprint density at radius 2 is 1.62 bits per heavy atom. The molecule has 3 amide bonds. The molecule has 3 heterocycles. The summed E-state index contributed by atoms with van der Waals surface area (Å²) in [5.74, 6) is -2.02. The van der Waals surface area contributed by atoms with E-state index in [2.05, 4.69) is 13.2 Å². The van der Waals surface area contributed by atoms with Crippen molar-refractivity contribution in [3.63, 3.8) is 0 Å². The summed E-state index contributed by atoms with van der Waals surface area (Å²) in [6.07, 6.45) is 4.78. The molecular formula is C41H47N3O6. The fourth-order valence-electron chi connectivity index (χ4n) is 8.55. The molecule has 6 rings (SSSR count). The number of carbonyl (C=O) groups excluding carboxylic acids is 3. The van der Waals surface area contributed by atoms with E-state index in [1.165, 1.54) is 4.90 Å². The molecule has 0 aliphatic carbocycles. The standard InChI is InChI=1S/C41H47N3O6/c1-5-25-42(27-29-15-11-9-12-16-29)39(48)36-41-24-23-40(7-3,50-41)34(35(41)38(47)44(36)33(28-45)30-17-13-10-14-18-30)37(46)43(26-6-2)31-19-21-32(22-20-31)49-8-4/h5-6,9-22,33-36,45H,1-2,7-8,23-28H2,3-4H3/t33-,34+,35+,36?,40-,41?/m1/s1. The molecule has 3 aromatic carbocycles. The van der Waals surface area contributed by atoms with Crippen LogP contribution in [0.2, 0.25) is 0 Å². The van der Waals surface area contributed by atoms with Crippen LogP contribution in [0.1, 0.15) is 50.3 Å². The van der Waals surface area contributed by atoms with Gasteiger partial charge in [0.2, 0.25) is 17.7 Å². The third kappa shape index (κ3) is 5.92. The maximum atomic E-state index is 15.1. The van der Waals surface area contributed by atoms with Crippen LogP contribution in [0.15, 0.2) is 110 Å². The number of rotatable bonds is 15. The Labute approximate surface area is 294 Å². The quantitative estimate of drug-likeness (QED) is 0.207. The van der Waals surface area contributed by atoms with Gasteiger partial charge in [-0.05, 0) is 61.6 Å². The zero-order valence-corrected chi connectivity index (χ0v) is 28.9. The molecule has 3 aromatic rings. The Kier molecular flexibility index (Phi) is 10.3. The van der Waals surface area contributed by atoms with Crippen molar-refractivity contribution in [1.82, 2.24) is 9.80 Å². The van der Waals surface area contributed by atoms with E-state index in [1.54, 1.807) is 22.0 Å². The van der Waals surface area contributed by atoms with E-state index in [4.69, 9.17) is 9.47 Å². The first-order valence-corrected chi connectivity index (χ1v) is 17.6. The van der Waals surface area contributed by atoms with E-state index in [0.29, 0.717) is 49.4 Å². The molecule has 6 atom stereocenters. The number of ether oxygens (including phenoxy) is 2. The van der Waals surface area contributed by atoms with Crippen molar-refractivity contribution in [3.8, 4) is 5.75 Å². The fourth-order valence-corrected chi connectivity index (χ4v) is 8.55. The van der Waals surface area contributed by atoms with Gasteiger partial charge >= 0.3 is 0 Å². The monoisotopic (exact) mass is 677 g/mol. The van der Waals surface area contributed by atoms with E-state index < -0.39 is 41.7 Å². The number of aliphatic hydroxyl groups excluding tert-OH is 1. The predicted octanol–water partition coefficient (Wildman–Crippen LogP) is 5.71. The van der Waals surface area contributed by atoms with Gasteiger partial charge in [0.05, 0.1) is 36.7 Å². The number of aliphatic hydroxyl groups is 1. The van der Waals surface area contributed by atoms with E-state index in [9.17, 15) is 9.90 Å². The van der Waals surface area contributed by atoms with Gasteiger partial charge in [-0.1, -0.05) is 79.7 Å². The van der Waals surface area contributed by atoms with Crippen molar-refractivity contribution in [3.05, 3.63) is 121 Å². The van der Waals surface area contributed by atoms with Gasteiger partial charge in [-0.3, -0.25) is 14.4 Å². The highest BCUT2D eigenvalue weighted by atomic mass is 16.5. The van der Waals surface area contributed by atoms with Crippen LogP contribution in [0.5, 0.6) is 5.75 Å².